The Morgan fingerprint density at radius 1 is 1.11 bits per heavy atom. The zero-order valence-electron chi connectivity index (χ0n) is 12.7. The van der Waals surface area contributed by atoms with Crippen LogP contribution in [-0.4, -0.2) is 19.2 Å². The van der Waals surface area contributed by atoms with Gasteiger partial charge in [0.05, 0.1) is 0 Å². The Bertz CT molecular complexity index is 321. The van der Waals surface area contributed by atoms with Crippen molar-refractivity contribution in [2.24, 2.45) is 0 Å². The average molecular weight is 263 g/mol. The second kappa shape index (κ2) is 9.85. The molecule has 1 N–H and O–H groups in total. The highest BCUT2D eigenvalue weighted by molar-refractivity contribution is 5.27. The van der Waals surface area contributed by atoms with Crippen LogP contribution in [0.3, 0.4) is 0 Å². The quantitative estimate of drug-likeness (QED) is 0.639. The van der Waals surface area contributed by atoms with Crippen LogP contribution in [0.25, 0.3) is 0 Å². The van der Waals surface area contributed by atoms with Crippen molar-refractivity contribution in [1.29, 1.82) is 0 Å². The molecule has 0 spiro atoms. The highest BCUT2D eigenvalue weighted by atomic mass is 16.5. The van der Waals surface area contributed by atoms with Gasteiger partial charge < -0.3 is 10.1 Å². The number of hydrogen-bond donors (Lipinski definition) is 1. The summed E-state index contributed by atoms with van der Waals surface area (Å²) in [5, 5.41) is 3.51. The largest absolute Gasteiger partial charge is 0.492 e. The van der Waals surface area contributed by atoms with Gasteiger partial charge >= 0.3 is 0 Å². The van der Waals surface area contributed by atoms with Crippen LogP contribution in [0.1, 0.15) is 52.0 Å². The fourth-order valence-corrected chi connectivity index (χ4v) is 2.10. The van der Waals surface area contributed by atoms with Crippen molar-refractivity contribution in [3.63, 3.8) is 0 Å². The van der Waals surface area contributed by atoms with E-state index in [4.69, 9.17) is 4.74 Å². The van der Waals surface area contributed by atoms with Gasteiger partial charge in [0, 0.05) is 12.6 Å². The van der Waals surface area contributed by atoms with Gasteiger partial charge in [0.25, 0.3) is 0 Å². The Kier molecular flexibility index (Phi) is 8.31. The maximum atomic E-state index is 5.72. The number of nitrogens with one attached hydrogen (secondary N) is 1. The van der Waals surface area contributed by atoms with E-state index >= 15 is 0 Å². The zero-order valence-corrected chi connectivity index (χ0v) is 12.7. The lowest BCUT2D eigenvalue weighted by Gasteiger charge is -2.14. The highest BCUT2D eigenvalue weighted by Gasteiger charge is 2.00. The van der Waals surface area contributed by atoms with E-state index in [0.29, 0.717) is 6.04 Å². The minimum Gasteiger partial charge on any atom is -0.492 e. The summed E-state index contributed by atoms with van der Waals surface area (Å²) in [5.41, 5.74) is 1.36. The molecule has 0 radical (unpaired) electrons. The summed E-state index contributed by atoms with van der Waals surface area (Å²) in [7, 11) is 0. The van der Waals surface area contributed by atoms with E-state index in [1.54, 1.807) is 0 Å². The molecule has 1 rings (SSSR count). The molecule has 0 bridgehead atoms. The lowest BCUT2D eigenvalue weighted by molar-refractivity contribution is 0.304. The SMILES string of the molecule is CCCCCC(C)NCCOc1ccc(CC)cc1. The molecular formula is C17H29NO. The number of aryl methyl sites for hydroxylation is 1. The molecule has 0 heterocycles. The van der Waals surface area contributed by atoms with E-state index in [0.717, 1.165) is 25.3 Å². The number of rotatable bonds is 10. The first-order chi connectivity index (χ1) is 9.26. The van der Waals surface area contributed by atoms with Crippen molar-refractivity contribution < 1.29 is 4.74 Å². The maximum Gasteiger partial charge on any atom is 0.119 e. The third-order valence-electron chi connectivity index (χ3n) is 3.44. The predicted octanol–water partition coefficient (Wildman–Crippen LogP) is 4.19. The molecule has 2 nitrogen and oxygen atoms in total. The Labute approximate surface area is 118 Å². The lowest BCUT2D eigenvalue weighted by Crippen LogP contribution is -2.30. The van der Waals surface area contributed by atoms with Gasteiger partial charge in [-0.3, -0.25) is 0 Å². The van der Waals surface area contributed by atoms with E-state index in [9.17, 15) is 0 Å². The van der Waals surface area contributed by atoms with Crippen molar-refractivity contribution in [3.8, 4) is 5.75 Å². The molecule has 0 amide bonds. The molecule has 0 saturated heterocycles. The van der Waals surface area contributed by atoms with Crippen LogP contribution in [0, 0.1) is 0 Å². The summed E-state index contributed by atoms with van der Waals surface area (Å²) in [6.45, 7) is 8.33. The zero-order chi connectivity index (χ0) is 13.9. The van der Waals surface area contributed by atoms with E-state index in [2.05, 4.69) is 50.4 Å². The molecule has 1 unspecified atom stereocenters. The predicted molar refractivity (Wildman–Crippen MR) is 82.9 cm³/mol. The van der Waals surface area contributed by atoms with Gasteiger partial charge in [-0.2, -0.15) is 0 Å². The Morgan fingerprint density at radius 2 is 1.84 bits per heavy atom. The van der Waals surface area contributed by atoms with Crippen LogP contribution < -0.4 is 10.1 Å². The normalized spacial score (nSPS) is 12.4. The van der Waals surface area contributed by atoms with Crippen molar-refractivity contribution in [1.82, 2.24) is 5.32 Å². The second-order valence-corrected chi connectivity index (χ2v) is 5.20. The molecule has 0 aliphatic rings. The summed E-state index contributed by atoms with van der Waals surface area (Å²) in [4.78, 5) is 0. The van der Waals surface area contributed by atoms with Crippen molar-refractivity contribution in [2.75, 3.05) is 13.2 Å². The highest BCUT2D eigenvalue weighted by Crippen LogP contribution is 2.12. The molecule has 108 valence electrons. The van der Waals surface area contributed by atoms with Gasteiger partial charge in [-0.25, -0.2) is 0 Å². The van der Waals surface area contributed by atoms with Crippen LogP contribution in [0.2, 0.25) is 0 Å². The lowest BCUT2D eigenvalue weighted by atomic mass is 10.1. The summed E-state index contributed by atoms with van der Waals surface area (Å²) >= 11 is 0. The fourth-order valence-electron chi connectivity index (χ4n) is 2.10. The fraction of sp³-hybridized carbons (Fsp3) is 0.647. The van der Waals surface area contributed by atoms with Gasteiger partial charge in [0.1, 0.15) is 12.4 Å². The molecule has 1 atom stereocenters. The number of unbranched alkanes of at least 4 members (excludes halogenated alkanes) is 2. The topological polar surface area (TPSA) is 21.3 Å². The Balaban J connectivity index is 2.09. The van der Waals surface area contributed by atoms with E-state index in [1.165, 1.54) is 31.2 Å². The van der Waals surface area contributed by atoms with Crippen LogP contribution >= 0.6 is 0 Å². The van der Waals surface area contributed by atoms with Crippen molar-refractivity contribution in [3.05, 3.63) is 29.8 Å². The van der Waals surface area contributed by atoms with E-state index in [-0.39, 0.29) is 0 Å². The molecular weight excluding hydrogens is 234 g/mol. The average Bonchev–Trinajstić information content (AvgIpc) is 2.44. The first-order valence-corrected chi connectivity index (χ1v) is 7.71. The Morgan fingerprint density at radius 3 is 2.47 bits per heavy atom. The molecule has 1 aromatic rings. The smallest absolute Gasteiger partial charge is 0.119 e. The molecule has 19 heavy (non-hydrogen) atoms. The van der Waals surface area contributed by atoms with Crippen LogP contribution in [0.15, 0.2) is 24.3 Å². The number of hydrogen-bond acceptors (Lipinski definition) is 2. The van der Waals surface area contributed by atoms with Crippen LogP contribution in [0.4, 0.5) is 0 Å². The third-order valence-corrected chi connectivity index (χ3v) is 3.44. The first-order valence-electron chi connectivity index (χ1n) is 7.71. The second-order valence-electron chi connectivity index (χ2n) is 5.20. The van der Waals surface area contributed by atoms with Gasteiger partial charge in [0.15, 0.2) is 0 Å². The summed E-state index contributed by atoms with van der Waals surface area (Å²) < 4.78 is 5.72. The van der Waals surface area contributed by atoms with E-state index in [1.807, 2.05) is 0 Å². The van der Waals surface area contributed by atoms with Crippen LogP contribution in [-0.2, 0) is 6.42 Å². The van der Waals surface area contributed by atoms with Crippen LogP contribution in [0.5, 0.6) is 5.75 Å². The molecule has 0 aromatic heterocycles. The molecule has 0 saturated carbocycles. The molecule has 0 aliphatic carbocycles. The third kappa shape index (κ3) is 7.22. The van der Waals surface area contributed by atoms with E-state index < -0.39 is 0 Å². The van der Waals surface area contributed by atoms with Gasteiger partial charge in [-0.05, 0) is 37.5 Å². The first kappa shape index (κ1) is 16.0. The molecule has 0 fully saturated rings. The molecule has 0 aliphatic heterocycles. The van der Waals surface area contributed by atoms with Gasteiger partial charge in [-0.1, -0.05) is 45.2 Å². The summed E-state index contributed by atoms with van der Waals surface area (Å²) in [5.74, 6) is 0.970. The number of ether oxygens (including phenoxy) is 1. The maximum absolute atomic E-state index is 5.72. The molecule has 2 heteroatoms. The Hall–Kier alpha value is -1.02. The molecule has 1 aromatic carbocycles. The summed E-state index contributed by atoms with van der Waals surface area (Å²) in [6, 6.07) is 8.98. The number of benzene rings is 1. The van der Waals surface area contributed by atoms with Gasteiger partial charge in [0.2, 0.25) is 0 Å². The standard InChI is InChI=1S/C17H29NO/c1-4-6-7-8-15(3)18-13-14-19-17-11-9-16(5-2)10-12-17/h9-12,15,18H,4-8,13-14H2,1-3H3. The van der Waals surface area contributed by atoms with Gasteiger partial charge in [-0.15, -0.1) is 0 Å². The monoisotopic (exact) mass is 263 g/mol. The summed E-state index contributed by atoms with van der Waals surface area (Å²) in [6.07, 6.45) is 6.30. The minimum atomic E-state index is 0.595. The van der Waals surface area contributed by atoms with Crippen molar-refractivity contribution >= 4 is 0 Å². The van der Waals surface area contributed by atoms with Crippen molar-refractivity contribution in [2.45, 2.75) is 58.9 Å². The minimum absolute atomic E-state index is 0.595.